The van der Waals surface area contributed by atoms with E-state index in [1.54, 1.807) is 43.3 Å². The maximum Gasteiger partial charge on any atom is 0.294 e. The first-order valence-electron chi connectivity index (χ1n) is 11.0. The fraction of sp³-hybridized carbons (Fsp3) is 0.192. The average molecular weight is 532 g/mol. The molecule has 2 heterocycles. The summed E-state index contributed by atoms with van der Waals surface area (Å²) in [6, 6.07) is 15.8. The molecule has 1 atom stereocenters. The van der Waals surface area contributed by atoms with Gasteiger partial charge in [0, 0.05) is 30.1 Å². The van der Waals surface area contributed by atoms with Crippen LogP contribution in [-0.2, 0) is 20.7 Å². The molecule has 1 unspecified atom stereocenters. The summed E-state index contributed by atoms with van der Waals surface area (Å²) in [5.41, 5.74) is 2.86. The molecule has 36 heavy (non-hydrogen) atoms. The third-order valence-electron chi connectivity index (χ3n) is 5.66. The number of hydrogen-bond acceptors (Lipinski definition) is 5. The molecule has 0 radical (unpaired) electrons. The maximum atomic E-state index is 14.4. The average Bonchev–Trinajstić information content (AvgIpc) is 3.16. The van der Waals surface area contributed by atoms with Crippen LogP contribution in [0.15, 0.2) is 71.6 Å². The number of benzene rings is 3. The number of hydrogen-bond donors (Lipinski definition) is 2. The zero-order valence-electron chi connectivity index (χ0n) is 19.4. The van der Waals surface area contributed by atoms with Crippen LogP contribution in [0.25, 0.3) is 5.57 Å². The van der Waals surface area contributed by atoms with Crippen molar-refractivity contribution >= 4 is 33.2 Å². The highest BCUT2D eigenvalue weighted by Gasteiger charge is 2.42. The van der Waals surface area contributed by atoms with Crippen LogP contribution in [-0.4, -0.2) is 25.4 Å². The Kier molecular flexibility index (Phi) is 7.08. The van der Waals surface area contributed by atoms with E-state index in [-0.39, 0.29) is 16.4 Å². The molecule has 10 heteroatoms. The Bertz CT molecular complexity index is 1460. The lowest BCUT2D eigenvalue weighted by Crippen LogP contribution is -2.32. The summed E-state index contributed by atoms with van der Waals surface area (Å²) in [5.74, 6) is -0.906. The van der Waals surface area contributed by atoms with Gasteiger partial charge in [-0.15, -0.1) is 0 Å². The maximum absolute atomic E-state index is 14.4. The number of para-hydroxylation sites is 1. The Morgan fingerprint density at radius 1 is 1.08 bits per heavy atom. The van der Waals surface area contributed by atoms with E-state index >= 15 is 0 Å². The molecule has 2 aliphatic rings. The zero-order valence-corrected chi connectivity index (χ0v) is 21.0. The molecule has 0 aliphatic carbocycles. The monoisotopic (exact) mass is 531 g/mol. The molecule has 188 valence electrons. The minimum Gasteiger partial charge on any atom is -0.444 e. The predicted molar refractivity (Wildman–Crippen MR) is 133 cm³/mol. The summed E-state index contributed by atoms with van der Waals surface area (Å²) >= 11 is 5.83. The molecular weight excluding hydrogens is 509 g/mol. The van der Waals surface area contributed by atoms with Crippen molar-refractivity contribution in [2.75, 3.05) is 6.54 Å². The fourth-order valence-corrected chi connectivity index (χ4v) is 4.51. The van der Waals surface area contributed by atoms with Crippen LogP contribution in [0.3, 0.4) is 0 Å². The van der Waals surface area contributed by atoms with Crippen molar-refractivity contribution < 1.29 is 31.6 Å². The van der Waals surface area contributed by atoms with Crippen LogP contribution in [0.1, 0.15) is 30.0 Å². The number of carbonyl (C=O) groups excluding carboxylic acids is 1. The Morgan fingerprint density at radius 3 is 2.44 bits per heavy atom. The van der Waals surface area contributed by atoms with E-state index in [1.165, 1.54) is 18.2 Å². The van der Waals surface area contributed by atoms with Gasteiger partial charge in [-0.3, -0.25) is 9.35 Å². The first kappa shape index (κ1) is 25.7. The molecule has 0 aromatic heterocycles. The molecule has 1 amide bonds. The van der Waals surface area contributed by atoms with Crippen LogP contribution in [0.2, 0.25) is 5.02 Å². The summed E-state index contributed by atoms with van der Waals surface area (Å²) in [4.78, 5) is 11.6. The Morgan fingerprint density at radius 2 is 1.81 bits per heavy atom. The summed E-state index contributed by atoms with van der Waals surface area (Å²) in [7, 11) is -4.02. The first-order chi connectivity index (χ1) is 17.0. The predicted octanol–water partition coefficient (Wildman–Crippen LogP) is 5.27. The molecule has 0 bridgehead atoms. The standard InChI is InChI=1S/C19H15ClFNO3.C7H8O3S/c1-19(14-6-5-12(20)10-15(14)21)24-16-4-2-3-13(18(16)25-19)11-7-8-22-17(23)9-11;1-6-2-4-7(5-3-6)11(8,9)10/h2-6,9-10H,7-8H2,1H3,(H,22,23);2-5H,1H3,(H,8,9,10). The van der Waals surface area contributed by atoms with Gasteiger partial charge in [0.1, 0.15) is 5.82 Å². The van der Waals surface area contributed by atoms with Gasteiger partial charge in [0.05, 0.1) is 10.5 Å². The second-order valence-corrected chi connectivity index (χ2v) is 10.3. The van der Waals surface area contributed by atoms with Crippen LogP contribution in [0.4, 0.5) is 4.39 Å². The Labute approximate surface area is 213 Å². The van der Waals surface area contributed by atoms with Crippen LogP contribution >= 0.6 is 11.6 Å². The number of ether oxygens (including phenoxy) is 2. The fourth-order valence-electron chi connectivity index (χ4n) is 3.87. The summed E-state index contributed by atoms with van der Waals surface area (Å²) in [5, 5.41) is 3.06. The number of carbonyl (C=O) groups is 1. The summed E-state index contributed by atoms with van der Waals surface area (Å²) in [6.45, 7) is 4.07. The summed E-state index contributed by atoms with van der Waals surface area (Å²) in [6.07, 6.45) is 2.25. The number of amides is 1. The molecule has 0 saturated carbocycles. The molecule has 7 nitrogen and oxygen atoms in total. The van der Waals surface area contributed by atoms with Crippen molar-refractivity contribution in [3.05, 3.63) is 94.3 Å². The van der Waals surface area contributed by atoms with E-state index < -0.39 is 21.7 Å². The topological polar surface area (TPSA) is 102 Å². The van der Waals surface area contributed by atoms with Gasteiger partial charge in [-0.2, -0.15) is 8.42 Å². The summed E-state index contributed by atoms with van der Waals surface area (Å²) < 4.78 is 55.9. The molecular formula is C26H23ClFNO6S. The third-order valence-corrected chi connectivity index (χ3v) is 6.77. The van der Waals surface area contributed by atoms with Gasteiger partial charge in [-0.05, 0) is 55.3 Å². The normalized spacial score (nSPS) is 18.6. The van der Waals surface area contributed by atoms with Crippen LogP contribution in [0, 0.1) is 12.7 Å². The smallest absolute Gasteiger partial charge is 0.294 e. The molecule has 5 rings (SSSR count). The number of rotatable bonds is 3. The molecule has 2 N–H and O–H groups in total. The molecule has 3 aromatic carbocycles. The van der Waals surface area contributed by atoms with Gasteiger partial charge in [0.15, 0.2) is 11.5 Å². The lowest BCUT2D eigenvalue weighted by atomic mass is 9.99. The zero-order chi connectivity index (χ0) is 26.1. The first-order valence-corrected chi connectivity index (χ1v) is 12.8. The molecule has 0 saturated heterocycles. The van der Waals surface area contributed by atoms with Gasteiger partial charge < -0.3 is 14.8 Å². The highest BCUT2D eigenvalue weighted by Crippen LogP contribution is 2.48. The lowest BCUT2D eigenvalue weighted by Gasteiger charge is -2.24. The highest BCUT2D eigenvalue weighted by atomic mass is 35.5. The van der Waals surface area contributed by atoms with Crippen molar-refractivity contribution in [2.24, 2.45) is 0 Å². The van der Waals surface area contributed by atoms with Crippen molar-refractivity contribution in [1.29, 1.82) is 0 Å². The number of nitrogens with one attached hydrogen (secondary N) is 1. The molecule has 3 aromatic rings. The van der Waals surface area contributed by atoms with Gasteiger partial charge >= 0.3 is 0 Å². The van der Waals surface area contributed by atoms with Crippen molar-refractivity contribution in [3.63, 3.8) is 0 Å². The number of aryl methyl sites for hydroxylation is 1. The Balaban J connectivity index is 0.000000233. The number of fused-ring (bicyclic) bond motifs is 1. The Hall–Kier alpha value is -3.40. The van der Waals surface area contributed by atoms with E-state index in [4.69, 9.17) is 25.6 Å². The SMILES string of the molecule is CC1(c2ccc(Cl)cc2F)Oc2cccc(C3=CC(=O)NCC3)c2O1.Cc1ccc(S(=O)(=O)O)cc1. The van der Waals surface area contributed by atoms with Gasteiger partial charge in [-0.25, -0.2) is 4.39 Å². The van der Waals surface area contributed by atoms with E-state index in [9.17, 15) is 17.6 Å². The van der Waals surface area contributed by atoms with Crippen molar-refractivity contribution in [1.82, 2.24) is 5.32 Å². The second-order valence-electron chi connectivity index (χ2n) is 8.41. The lowest BCUT2D eigenvalue weighted by molar-refractivity contribution is -0.116. The van der Waals surface area contributed by atoms with E-state index in [0.29, 0.717) is 29.5 Å². The quantitative estimate of drug-likeness (QED) is 0.446. The van der Waals surface area contributed by atoms with Crippen LogP contribution < -0.4 is 14.8 Å². The third kappa shape index (κ3) is 5.53. The molecule has 0 fully saturated rings. The number of halogens is 2. The van der Waals surface area contributed by atoms with E-state index in [0.717, 1.165) is 16.7 Å². The van der Waals surface area contributed by atoms with Gasteiger partial charge in [0.25, 0.3) is 15.9 Å². The van der Waals surface area contributed by atoms with Gasteiger partial charge in [-0.1, -0.05) is 41.4 Å². The van der Waals surface area contributed by atoms with E-state index in [1.807, 2.05) is 19.1 Å². The molecule has 2 aliphatic heterocycles. The van der Waals surface area contributed by atoms with E-state index in [2.05, 4.69) is 5.32 Å². The minimum atomic E-state index is -4.02. The highest BCUT2D eigenvalue weighted by molar-refractivity contribution is 7.85. The van der Waals surface area contributed by atoms with Gasteiger partial charge in [0.2, 0.25) is 5.91 Å². The minimum absolute atomic E-state index is 0.0666. The second kappa shape index (κ2) is 9.93. The van der Waals surface area contributed by atoms with Crippen LogP contribution in [0.5, 0.6) is 11.5 Å². The molecule has 0 spiro atoms. The largest absolute Gasteiger partial charge is 0.444 e. The van der Waals surface area contributed by atoms with Crippen molar-refractivity contribution in [3.8, 4) is 11.5 Å². The van der Waals surface area contributed by atoms with Crippen molar-refractivity contribution in [2.45, 2.75) is 31.0 Å².